The van der Waals surface area contributed by atoms with E-state index >= 15 is 0 Å². The SMILES string of the molecule is CCOc1ccc([C@H](CNC(=O)C[C@@H](NC(N)=O)c2ccccc2C)c2c[nH]c3ccccc23)cc1OC. The van der Waals surface area contributed by atoms with Gasteiger partial charge in [0.25, 0.3) is 0 Å². The zero-order chi connectivity index (χ0) is 27.1. The highest BCUT2D eigenvalue weighted by Crippen LogP contribution is 2.36. The molecule has 8 heteroatoms. The summed E-state index contributed by atoms with van der Waals surface area (Å²) in [6.07, 6.45) is 2.04. The summed E-state index contributed by atoms with van der Waals surface area (Å²) in [6, 6.07) is 20.3. The number of aromatic nitrogens is 1. The van der Waals surface area contributed by atoms with Crippen LogP contribution in [0.2, 0.25) is 0 Å². The standard InChI is InChI=1S/C30H34N4O4/c1-4-38-27-14-13-20(15-28(27)37-3)23(24-18-32-25-12-8-7-11-22(24)25)17-33-29(35)16-26(34-30(31)36)21-10-6-5-9-19(21)2/h5-15,18,23,26,32H,4,16-17H2,1-3H3,(H,33,35)(H3,31,34,36)/t23-,26+/m0/s1. The molecule has 0 aliphatic heterocycles. The van der Waals surface area contributed by atoms with Crippen LogP contribution >= 0.6 is 0 Å². The monoisotopic (exact) mass is 514 g/mol. The second kappa shape index (κ2) is 12.2. The summed E-state index contributed by atoms with van der Waals surface area (Å²) in [5.41, 5.74) is 10.3. The Morgan fingerprint density at radius 3 is 2.50 bits per heavy atom. The van der Waals surface area contributed by atoms with Gasteiger partial charge in [-0.05, 0) is 54.3 Å². The van der Waals surface area contributed by atoms with Crippen LogP contribution in [0.3, 0.4) is 0 Å². The Balaban J connectivity index is 1.61. The van der Waals surface area contributed by atoms with E-state index in [1.807, 2.05) is 80.7 Å². The molecule has 4 rings (SSSR count). The van der Waals surface area contributed by atoms with Crippen molar-refractivity contribution in [1.82, 2.24) is 15.6 Å². The molecule has 3 amide bonds. The molecule has 0 fully saturated rings. The summed E-state index contributed by atoms with van der Waals surface area (Å²) in [5.74, 6) is 0.931. The first-order valence-corrected chi connectivity index (χ1v) is 12.7. The lowest BCUT2D eigenvalue weighted by Gasteiger charge is -2.22. The molecule has 0 bridgehead atoms. The van der Waals surface area contributed by atoms with Gasteiger partial charge in [-0.25, -0.2) is 4.79 Å². The second-order valence-corrected chi connectivity index (χ2v) is 9.11. The fourth-order valence-electron chi connectivity index (χ4n) is 4.83. The van der Waals surface area contributed by atoms with Crippen molar-refractivity contribution in [1.29, 1.82) is 0 Å². The predicted molar refractivity (Wildman–Crippen MR) is 149 cm³/mol. The molecule has 0 unspecified atom stereocenters. The topological polar surface area (TPSA) is 118 Å². The zero-order valence-electron chi connectivity index (χ0n) is 21.9. The van der Waals surface area contributed by atoms with Gasteiger partial charge in [0, 0.05) is 29.6 Å². The van der Waals surface area contributed by atoms with Crippen molar-refractivity contribution in [2.45, 2.75) is 32.2 Å². The molecule has 4 aromatic rings. The first-order chi connectivity index (χ1) is 18.4. The van der Waals surface area contributed by atoms with Crippen molar-refractivity contribution in [2.24, 2.45) is 5.73 Å². The number of nitrogens with two attached hydrogens (primary N) is 1. The van der Waals surface area contributed by atoms with Crippen molar-refractivity contribution in [3.05, 3.63) is 95.2 Å². The quantitative estimate of drug-likeness (QED) is 0.227. The van der Waals surface area contributed by atoms with Crippen molar-refractivity contribution >= 4 is 22.8 Å². The molecule has 1 heterocycles. The van der Waals surface area contributed by atoms with Crippen LogP contribution in [0.1, 0.15) is 47.6 Å². The molecule has 38 heavy (non-hydrogen) atoms. The van der Waals surface area contributed by atoms with Crippen LogP contribution in [0.4, 0.5) is 4.79 Å². The minimum Gasteiger partial charge on any atom is -0.493 e. The third kappa shape index (κ3) is 6.08. The number of rotatable bonds is 11. The van der Waals surface area contributed by atoms with E-state index in [9.17, 15) is 9.59 Å². The normalized spacial score (nSPS) is 12.5. The number of methoxy groups -OCH3 is 1. The van der Waals surface area contributed by atoms with Crippen LogP contribution in [0.15, 0.2) is 72.9 Å². The van der Waals surface area contributed by atoms with E-state index in [0.29, 0.717) is 24.7 Å². The maximum atomic E-state index is 13.2. The van der Waals surface area contributed by atoms with Gasteiger partial charge in [-0.2, -0.15) is 0 Å². The fraction of sp³-hybridized carbons (Fsp3) is 0.267. The highest BCUT2D eigenvalue weighted by molar-refractivity contribution is 5.84. The van der Waals surface area contributed by atoms with E-state index < -0.39 is 12.1 Å². The van der Waals surface area contributed by atoms with Gasteiger partial charge in [0.1, 0.15) is 0 Å². The number of H-pyrrole nitrogens is 1. The third-order valence-electron chi connectivity index (χ3n) is 6.66. The van der Waals surface area contributed by atoms with Crippen LogP contribution in [-0.4, -0.2) is 37.2 Å². The van der Waals surface area contributed by atoms with Gasteiger partial charge in [0.05, 0.1) is 26.2 Å². The van der Waals surface area contributed by atoms with E-state index in [4.69, 9.17) is 15.2 Å². The van der Waals surface area contributed by atoms with Gasteiger partial charge in [-0.3, -0.25) is 4.79 Å². The smallest absolute Gasteiger partial charge is 0.312 e. The van der Waals surface area contributed by atoms with Gasteiger partial charge < -0.3 is 30.8 Å². The Morgan fingerprint density at radius 1 is 1.00 bits per heavy atom. The molecular weight excluding hydrogens is 480 g/mol. The van der Waals surface area contributed by atoms with Crippen molar-refractivity contribution in [3.8, 4) is 11.5 Å². The van der Waals surface area contributed by atoms with E-state index in [-0.39, 0.29) is 18.2 Å². The van der Waals surface area contributed by atoms with E-state index in [1.54, 1.807) is 7.11 Å². The molecule has 198 valence electrons. The van der Waals surface area contributed by atoms with Crippen LogP contribution in [0, 0.1) is 6.92 Å². The number of carbonyl (C=O) groups excluding carboxylic acids is 2. The maximum absolute atomic E-state index is 13.2. The molecule has 0 saturated heterocycles. The summed E-state index contributed by atoms with van der Waals surface area (Å²) in [5, 5.41) is 6.88. The van der Waals surface area contributed by atoms with Gasteiger partial charge in [0.2, 0.25) is 5.91 Å². The van der Waals surface area contributed by atoms with E-state index in [1.165, 1.54) is 0 Å². The number of carbonyl (C=O) groups is 2. The number of fused-ring (bicyclic) bond motifs is 1. The average Bonchev–Trinajstić information content (AvgIpc) is 3.33. The number of aromatic amines is 1. The number of ether oxygens (including phenoxy) is 2. The fourth-order valence-corrected chi connectivity index (χ4v) is 4.83. The predicted octanol–water partition coefficient (Wildman–Crippen LogP) is 4.93. The molecular formula is C30H34N4O4. The molecule has 2 atom stereocenters. The summed E-state index contributed by atoms with van der Waals surface area (Å²) in [4.78, 5) is 28.2. The number of primary amides is 1. The van der Waals surface area contributed by atoms with Crippen LogP contribution in [0.5, 0.6) is 11.5 Å². The third-order valence-corrected chi connectivity index (χ3v) is 6.66. The lowest BCUT2D eigenvalue weighted by atomic mass is 9.90. The summed E-state index contributed by atoms with van der Waals surface area (Å²) < 4.78 is 11.3. The van der Waals surface area contributed by atoms with Gasteiger partial charge in [0.15, 0.2) is 11.5 Å². The lowest BCUT2D eigenvalue weighted by molar-refractivity contribution is -0.121. The highest BCUT2D eigenvalue weighted by Gasteiger charge is 2.23. The number of amides is 3. The van der Waals surface area contributed by atoms with Gasteiger partial charge in [-0.1, -0.05) is 48.5 Å². The molecule has 0 spiro atoms. The molecule has 0 radical (unpaired) electrons. The Labute approximate surface area is 222 Å². The Morgan fingerprint density at radius 2 is 1.76 bits per heavy atom. The van der Waals surface area contributed by atoms with Crippen molar-refractivity contribution < 1.29 is 19.1 Å². The van der Waals surface area contributed by atoms with Gasteiger partial charge >= 0.3 is 6.03 Å². The molecule has 0 aliphatic carbocycles. The molecule has 3 aromatic carbocycles. The molecule has 5 N–H and O–H groups in total. The molecule has 8 nitrogen and oxygen atoms in total. The Kier molecular flexibility index (Phi) is 8.53. The number of para-hydroxylation sites is 1. The van der Waals surface area contributed by atoms with Crippen LogP contribution in [-0.2, 0) is 4.79 Å². The number of aryl methyl sites for hydroxylation is 1. The first kappa shape index (κ1) is 26.6. The minimum absolute atomic E-state index is 0.0565. The first-order valence-electron chi connectivity index (χ1n) is 12.7. The Bertz CT molecular complexity index is 1410. The Hall–Kier alpha value is -4.46. The summed E-state index contributed by atoms with van der Waals surface area (Å²) in [7, 11) is 1.61. The van der Waals surface area contributed by atoms with E-state index in [2.05, 4.69) is 21.7 Å². The zero-order valence-corrected chi connectivity index (χ0v) is 21.9. The van der Waals surface area contributed by atoms with E-state index in [0.717, 1.165) is 33.2 Å². The van der Waals surface area contributed by atoms with Crippen molar-refractivity contribution in [2.75, 3.05) is 20.3 Å². The van der Waals surface area contributed by atoms with Crippen molar-refractivity contribution in [3.63, 3.8) is 0 Å². The number of hydrogen-bond donors (Lipinski definition) is 4. The van der Waals surface area contributed by atoms with Crippen LogP contribution < -0.4 is 25.8 Å². The number of nitrogens with one attached hydrogen (secondary N) is 3. The molecule has 1 aromatic heterocycles. The summed E-state index contributed by atoms with van der Waals surface area (Å²) in [6.45, 7) is 4.73. The maximum Gasteiger partial charge on any atom is 0.312 e. The average molecular weight is 515 g/mol. The molecule has 0 saturated carbocycles. The molecule has 0 aliphatic rings. The summed E-state index contributed by atoms with van der Waals surface area (Å²) >= 11 is 0. The number of benzene rings is 3. The number of urea groups is 1. The second-order valence-electron chi connectivity index (χ2n) is 9.11. The number of hydrogen-bond acceptors (Lipinski definition) is 4. The van der Waals surface area contributed by atoms with Gasteiger partial charge in [-0.15, -0.1) is 0 Å². The largest absolute Gasteiger partial charge is 0.493 e. The highest BCUT2D eigenvalue weighted by atomic mass is 16.5. The lowest BCUT2D eigenvalue weighted by Crippen LogP contribution is -2.37. The minimum atomic E-state index is -0.677. The van der Waals surface area contributed by atoms with Crippen LogP contribution in [0.25, 0.3) is 10.9 Å².